The molecular formula is C19H24ClN3O2. The molecule has 2 aromatic rings. The molecule has 2 amide bonds. The molecular weight excluding hydrogens is 338 g/mol. The van der Waals surface area contributed by atoms with Crippen LogP contribution in [0, 0.1) is 5.92 Å². The summed E-state index contributed by atoms with van der Waals surface area (Å²) in [5.41, 5.74) is 8.96. The fourth-order valence-corrected chi connectivity index (χ4v) is 2.08. The zero-order valence-electron chi connectivity index (χ0n) is 14.4. The Balaban J connectivity index is 0.00000312. The van der Waals surface area contributed by atoms with Crippen molar-refractivity contribution in [3.63, 3.8) is 0 Å². The predicted octanol–water partition coefficient (Wildman–Crippen LogP) is 3.14. The highest BCUT2D eigenvalue weighted by atomic mass is 35.5. The number of nitrogen functional groups attached to an aromatic ring is 1. The number of nitrogens with two attached hydrogens (primary N) is 1. The Morgan fingerprint density at radius 3 is 2.08 bits per heavy atom. The van der Waals surface area contributed by atoms with Crippen LogP contribution in [0.4, 0.5) is 11.4 Å². The monoisotopic (exact) mass is 361 g/mol. The van der Waals surface area contributed by atoms with Gasteiger partial charge in [0.1, 0.15) is 0 Å². The Labute approximate surface area is 154 Å². The maximum Gasteiger partial charge on any atom is 0.226 e. The van der Waals surface area contributed by atoms with Gasteiger partial charge in [0.2, 0.25) is 11.8 Å². The number of anilines is 2. The molecule has 0 radical (unpaired) electrons. The second kappa shape index (κ2) is 9.69. The summed E-state index contributed by atoms with van der Waals surface area (Å²) >= 11 is 0. The first kappa shape index (κ1) is 20.5. The van der Waals surface area contributed by atoms with E-state index in [1.54, 1.807) is 12.1 Å². The van der Waals surface area contributed by atoms with Crippen molar-refractivity contribution in [1.29, 1.82) is 0 Å². The molecule has 0 aliphatic rings. The number of nitrogens with one attached hydrogen (secondary N) is 2. The van der Waals surface area contributed by atoms with Gasteiger partial charge in [-0.05, 0) is 35.4 Å². The zero-order chi connectivity index (χ0) is 17.5. The van der Waals surface area contributed by atoms with Gasteiger partial charge in [0.05, 0.1) is 6.42 Å². The first-order chi connectivity index (χ1) is 11.4. The molecule has 0 fully saturated rings. The Hall–Kier alpha value is -2.53. The number of halogens is 1. The van der Waals surface area contributed by atoms with E-state index in [1.165, 1.54) is 0 Å². The summed E-state index contributed by atoms with van der Waals surface area (Å²) in [5.74, 6) is -0.117. The molecule has 0 bridgehead atoms. The third-order valence-corrected chi connectivity index (χ3v) is 3.58. The molecule has 2 aromatic carbocycles. The normalized spacial score (nSPS) is 10.0. The fourth-order valence-electron chi connectivity index (χ4n) is 2.08. The second-order valence-electron chi connectivity index (χ2n) is 6.04. The average Bonchev–Trinajstić information content (AvgIpc) is 2.56. The molecule has 0 aromatic heterocycles. The van der Waals surface area contributed by atoms with Crippen LogP contribution in [-0.2, 0) is 22.6 Å². The molecule has 25 heavy (non-hydrogen) atoms. The number of rotatable bonds is 6. The maximum atomic E-state index is 12.0. The van der Waals surface area contributed by atoms with Crippen LogP contribution in [-0.4, -0.2) is 11.8 Å². The molecule has 6 heteroatoms. The van der Waals surface area contributed by atoms with Crippen molar-refractivity contribution in [2.75, 3.05) is 11.1 Å². The van der Waals surface area contributed by atoms with Gasteiger partial charge >= 0.3 is 0 Å². The van der Waals surface area contributed by atoms with E-state index < -0.39 is 0 Å². The van der Waals surface area contributed by atoms with Crippen molar-refractivity contribution in [3.8, 4) is 0 Å². The topological polar surface area (TPSA) is 84.2 Å². The summed E-state index contributed by atoms with van der Waals surface area (Å²) in [7, 11) is 0. The zero-order valence-corrected chi connectivity index (χ0v) is 15.2. The lowest BCUT2D eigenvalue weighted by molar-refractivity contribution is -0.120. The molecule has 0 aliphatic carbocycles. The highest BCUT2D eigenvalue weighted by Crippen LogP contribution is 2.11. The van der Waals surface area contributed by atoms with Gasteiger partial charge in [-0.3, -0.25) is 9.59 Å². The minimum Gasteiger partial charge on any atom is -0.399 e. The number of hydrogen-bond donors (Lipinski definition) is 3. The van der Waals surface area contributed by atoms with Crippen LogP contribution in [0.1, 0.15) is 25.0 Å². The lowest BCUT2D eigenvalue weighted by atomic mass is 10.1. The second-order valence-corrected chi connectivity index (χ2v) is 6.04. The molecule has 0 saturated heterocycles. The molecule has 5 nitrogen and oxygen atoms in total. The Morgan fingerprint density at radius 1 is 0.960 bits per heavy atom. The summed E-state index contributed by atoms with van der Waals surface area (Å²) in [6.45, 7) is 4.15. The number of hydrogen-bond acceptors (Lipinski definition) is 3. The standard InChI is InChI=1S/C19H23N3O2.ClH/c1-13(2)19(24)22-17-9-5-15(6-10-17)12-21-18(23)11-14-3-7-16(20)8-4-14;/h3-10,13H,11-12,20H2,1-2H3,(H,21,23)(H,22,24);1H. The fraction of sp³-hybridized carbons (Fsp3) is 0.263. The van der Waals surface area contributed by atoms with Crippen LogP contribution in [0.5, 0.6) is 0 Å². The SMILES string of the molecule is CC(C)C(=O)Nc1ccc(CNC(=O)Cc2ccc(N)cc2)cc1.Cl. The first-order valence-electron chi connectivity index (χ1n) is 7.95. The summed E-state index contributed by atoms with van der Waals surface area (Å²) in [6, 6.07) is 14.7. The van der Waals surface area contributed by atoms with Crippen molar-refractivity contribution in [1.82, 2.24) is 5.32 Å². The van der Waals surface area contributed by atoms with Crippen LogP contribution >= 0.6 is 12.4 Å². The predicted molar refractivity (Wildman–Crippen MR) is 104 cm³/mol. The van der Waals surface area contributed by atoms with E-state index in [1.807, 2.05) is 50.2 Å². The van der Waals surface area contributed by atoms with E-state index in [9.17, 15) is 9.59 Å². The van der Waals surface area contributed by atoms with E-state index in [2.05, 4.69) is 10.6 Å². The molecule has 0 saturated carbocycles. The van der Waals surface area contributed by atoms with Crippen LogP contribution in [0.25, 0.3) is 0 Å². The van der Waals surface area contributed by atoms with Crippen LogP contribution in [0.3, 0.4) is 0 Å². The Morgan fingerprint density at radius 2 is 1.52 bits per heavy atom. The van der Waals surface area contributed by atoms with Crippen molar-refractivity contribution in [3.05, 3.63) is 59.7 Å². The largest absolute Gasteiger partial charge is 0.399 e. The lowest BCUT2D eigenvalue weighted by Crippen LogP contribution is -2.24. The summed E-state index contributed by atoms with van der Waals surface area (Å²) in [6.07, 6.45) is 0.322. The number of amides is 2. The van der Waals surface area contributed by atoms with Gasteiger partial charge in [-0.25, -0.2) is 0 Å². The molecule has 0 aliphatic heterocycles. The quantitative estimate of drug-likeness (QED) is 0.691. The highest BCUT2D eigenvalue weighted by Gasteiger charge is 2.07. The van der Waals surface area contributed by atoms with Gasteiger partial charge in [0, 0.05) is 23.8 Å². The van der Waals surface area contributed by atoms with Crippen LogP contribution in [0.2, 0.25) is 0 Å². The van der Waals surface area contributed by atoms with Crippen LogP contribution in [0.15, 0.2) is 48.5 Å². The van der Waals surface area contributed by atoms with E-state index in [4.69, 9.17) is 5.73 Å². The first-order valence-corrected chi connectivity index (χ1v) is 7.95. The van der Waals surface area contributed by atoms with Gasteiger partial charge in [0.25, 0.3) is 0 Å². The molecule has 0 unspecified atom stereocenters. The Kier molecular flexibility index (Phi) is 7.95. The van der Waals surface area contributed by atoms with Crippen molar-refractivity contribution in [2.45, 2.75) is 26.8 Å². The lowest BCUT2D eigenvalue weighted by Gasteiger charge is -2.09. The summed E-state index contributed by atoms with van der Waals surface area (Å²) in [4.78, 5) is 23.6. The smallest absolute Gasteiger partial charge is 0.226 e. The minimum atomic E-state index is -0.0581. The molecule has 134 valence electrons. The molecule has 4 N–H and O–H groups in total. The number of carbonyl (C=O) groups excluding carboxylic acids is 2. The van der Waals surface area contributed by atoms with E-state index in [0.29, 0.717) is 18.7 Å². The van der Waals surface area contributed by atoms with Crippen LogP contribution < -0.4 is 16.4 Å². The van der Waals surface area contributed by atoms with E-state index >= 15 is 0 Å². The van der Waals surface area contributed by atoms with Crippen molar-refractivity contribution in [2.24, 2.45) is 5.92 Å². The van der Waals surface area contributed by atoms with Gasteiger partial charge < -0.3 is 16.4 Å². The third-order valence-electron chi connectivity index (χ3n) is 3.58. The van der Waals surface area contributed by atoms with Gasteiger partial charge in [-0.15, -0.1) is 12.4 Å². The van der Waals surface area contributed by atoms with Crippen molar-refractivity contribution >= 4 is 35.6 Å². The summed E-state index contributed by atoms with van der Waals surface area (Å²) < 4.78 is 0. The third kappa shape index (κ3) is 6.85. The molecule has 0 heterocycles. The number of carbonyl (C=O) groups is 2. The van der Waals surface area contributed by atoms with Gasteiger partial charge in [-0.2, -0.15) is 0 Å². The van der Waals surface area contributed by atoms with Crippen molar-refractivity contribution < 1.29 is 9.59 Å². The average molecular weight is 362 g/mol. The molecule has 0 spiro atoms. The highest BCUT2D eigenvalue weighted by molar-refractivity contribution is 5.92. The van der Waals surface area contributed by atoms with Gasteiger partial charge in [0.15, 0.2) is 0 Å². The number of benzene rings is 2. The minimum absolute atomic E-state index is 0. The van der Waals surface area contributed by atoms with E-state index in [0.717, 1.165) is 16.8 Å². The van der Waals surface area contributed by atoms with Gasteiger partial charge in [-0.1, -0.05) is 38.1 Å². The molecule has 0 atom stereocenters. The molecule has 2 rings (SSSR count). The summed E-state index contributed by atoms with van der Waals surface area (Å²) in [5, 5.41) is 5.72. The maximum absolute atomic E-state index is 12.0. The van der Waals surface area contributed by atoms with E-state index in [-0.39, 0.29) is 30.1 Å². The Bertz CT molecular complexity index is 698.